The van der Waals surface area contributed by atoms with Crippen molar-refractivity contribution in [1.29, 1.82) is 0 Å². The second kappa shape index (κ2) is 6.41. The van der Waals surface area contributed by atoms with Gasteiger partial charge in [0.2, 0.25) is 0 Å². The Morgan fingerprint density at radius 2 is 1.82 bits per heavy atom. The highest BCUT2D eigenvalue weighted by Gasteiger charge is 2.20. The van der Waals surface area contributed by atoms with E-state index in [0.29, 0.717) is 0 Å². The third kappa shape index (κ3) is 4.68. The lowest BCUT2D eigenvalue weighted by molar-refractivity contribution is 0.125. The minimum Gasteiger partial charge on any atom is -0.492 e. The first kappa shape index (κ1) is 14.5. The SMILES string of the molecule is CCC(C)(C)N(C)CCOc1ccc(Br)cc1. The van der Waals surface area contributed by atoms with E-state index in [4.69, 9.17) is 4.74 Å². The fraction of sp³-hybridized carbons (Fsp3) is 0.571. The van der Waals surface area contributed by atoms with Crippen LogP contribution in [0.2, 0.25) is 0 Å². The maximum Gasteiger partial charge on any atom is 0.119 e. The second-order valence-electron chi connectivity index (χ2n) is 4.89. The van der Waals surface area contributed by atoms with Crippen molar-refractivity contribution in [3.63, 3.8) is 0 Å². The molecule has 2 nitrogen and oxygen atoms in total. The zero-order valence-corrected chi connectivity index (χ0v) is 12.8. The standard InChI is InChI=1S/C14H22BrNO/c1-5-14(2,3)16(4)10-11-17-13-8-6-12(15)7-9-13/h6-9H,5,10-11H2,1-4H3. The summed E-state index contributed by atoms with van der Waals surface area (Å²) < 4.78 is 6.79. The molecule has 0 heterocycles. The zero-order chi connectivity index (χ0) is 12.9. The highest BCUT2D eigenvalue weighted by Crippen LogP contribution is 2.18. The molecule has 0 atom stereocenters. The van der Waals surface area contributed by atoms with Gasteiger partial charge in [-0.1, -0.05) is 22.9 Å². The van der Waals surface area contributed by atoms with Gasteiger partial charge in [-0.2, -0.15) is 0 Å². The third-order valence-corrected chi connectivity index (χ3v) is 3.94. The molecule has 0 aliphatic rings. The average molecular weight is 300 g/mol. The molecule has 0 spiro atoms. The van der Waals surface area contributed by atoms with Crippen LogP contribution in [0.3, 0.4) is 0 Å². The first-order valence-corrected chi connectivity index (χ1v) is 6.84. The van der Waals surface area contributed by atoms with E-state index in [1.807, 2.05) is 24.3 Å². The predicted molar refractivity (Wildman–Crippen MR) is 76.6 cm³/mol. The molecule has 0 aliphatic heterocycles. The Morgan fingerprint density at radius 3 is 2.35 bits per heavy atom. The van der Waals surface area contributed by atoms with Crippen LogP contribution in [0.5, 0.6) is 5.75 Å². The Morgan fingerprint density at radius 1 is 1.24 bits per heavy atom. The van der Waals surface area contributed by atoms with Crippen LogP contribution >= 0.6 is 15.9 Å². The largest absolute Gasteiger partial charge is 0.492 e. The molecule has 3 heteroatoms. The maximum absolute atomic E-state index is 5.71. The number of likely N-dealkylation sites (N-methyl/N-ethyl adjacent to an activating group) is 1. The molecule has 17 heavy (non-hydrogen) atoms. The van der Waals surface area contributed by atoms with E-state index < -0.39 is 0 Å². The Hall–Kier alpha value is -0.540. The van der Waals surface area contributed by atoms with E-state index in [9.17, 15) is 0 Å². The maximum atomic E-state index is 5.71. The Bertz CT molecular complexity index is 335. The number of hydrogen-bond donors (Lipinski definition) is 0. The van der Waals surface area contributed by atoms with Crippen LogP contribution in [-0.2, 0) is 0 Å². The van der Waals surface area contributed by atoms with Crippen molar-refractivity contribution in [1.82, 2.24) is 4.90 Å². The summed E-state index contributed by atoms with van der Waals surface area (Å²) in [5, 5.41) is 0. The Balaban J connectivity index is 2.35. The molecule has 1 aromatic carbocycles. The van der Waals surface area contributed by atoms with E-state index in [-0.39, 0.29) is 5.54 Å². The lowest BCUT2D eigenvalue weighted by atomic mass is 10.0. The monoisotopic (exact) mass is 299 g/mol. The summed E-state index contributed by atoms with van der Waals surface area (Å²) >= 11 is 3.41. The molecule has 0 aromatic heterocycles. The average Bonchev–Trinajstić information content (AvgIpc) is 2.31. The van der Waals surface area contributed by atoms with Gasteiger partial charge in [0, 0.05) is 16.6 Å². The van der Waals surface area contributed by atoms with Gasteiger partial charge in [-0.3, -0.25) is 4.90 Å². The van der Waals surface area contributed by atoms with Crippen LogP contribution in [-0.4, -0.2) is 30.6 Å². The quantitative estimate of drug-likeness (QED) is 0.789. The summed E-state index contributed by atoms with van der Waals surface area (Å²) in [5.41, 5.74) is 0.239. The highest BCUT2D eigenvalue weighted by atomic mass is 79.9. The van der Waals surface area contributed by atoms with Crippen LogP contribution in [0.1, 0.15) is 27.2 Å². The second-order valence-corrected chi connectivity index (χ2v) is 5.81. The summed E-state index contributed by atoms with van der Waals surface area (Å²) in [6.07, 6.45) is 1.14. The number of halogens is 1. The minimum absolute atomic E-state index is 0.239. The molecule has 0 saturated carbocycles. The van der Waals surface area contributed by atoms with Crippen LogP contribution in [0.4, 0.5) is 0 Å². The van der Waals surface area contributed by atoms with E-state index >= 15 is 0 Å². The predicted octanol–water partition coefficient (Wildman–Crippen LogP) is 3.95. The third-order valence-electron chi connectivity index (χ3n) is 3.41. The molecule has 0 bridgehead atoms. The van der Waals surface area contributed by atoms with E-state index in [1.165, 1.54) is 0 Å². The Kier molecular flexibility index (Phi) is 5.47. The molecular formula is C14H22BrNO. The van der Waals surface area contributed by atoms with Gasteiger partial charge in [-0.15, -0.1) is 0 Å². The van der Waals surface area contributed by atoms with Crippen molar-refractivity contribution in [2.45, 2.75) is 32.7 Å². The number of ether oxygens (including phenoxy) is 1. The van der Waals surface area contributed by atoms with Crippen molar-refractivity contribution < 1.29 is 4.74 Å². The van der Waals surface area contributed by atoms with Gasteiger partial charge in [0.1, 0.15) is 12.4 Å². The van der Waals surface area contributed by atoms with Gasteiger partial charge < -0.3 is 4.74 Å². The van der Waals surface area contributed by atoms with E-state index in [2.05, 4.69) is 48.6 Å². The van der Waals surface area contributed by atoms with Gasteiger partial charge >= 0.3 is 0 Å². The van der Waals surface area contributed by atoms with E-state index in [1.54, 1.807) is 0 Å². The first-order valence-electron chi connectivity index (χ1n) is 6.05. The summed E-state index contributed by atoms with van der Waals surface area (Å²) in [5.74, 6) is 0.927. The van der Waals surface area contributed by atoms with Crippen molar-refractivity contribution in [2.24, 2.45) is 0 Å². The minimum atomic E-state index is 0.239. The topological polar surface area (TPSA) is 12.5 Å². The Labute approximate surface area is 113 Å². The van der Waals surface area contributed by atoms with Crippen LogP contribution in [0.15, 0.2) is 28.7 Å². The zero-order valence-electron chi connectivity index (χ0n) is 11.2. The van der Waals surface area contributed by atoms with E-state index in [0.717, 1.165) is 29.8 Å². The molecule has 1 rings (SSSR count). The van der Waals surface area contributed by atoms with Crippen molar-refractivity contribution in [2.75, 3.05) is 20.2 Å². The summed E-state index contributed by atoms with van der Waals surface area (Å²) in [6.45, 7) is 8.39. The van der Waals surface area contributed by atoms with Crippen molar-refractivity contribution >= 4 is 15.9 Å². The molecule has 0 aliphatic carbocycles. The molecule has 1 aromatic rings. The fourth-order valence-electron chi connectivity index (χ4n) is 1.40. The van der Waals surface area contributed by atoms with Crippen molar-refractivity contribution in [3.8, 4) is 5.75 Å². The molecular weight excluding hydrogens is 278 g/mol. The number of rotatable bonds is 6. The molecule has 0 unspecified atom stereocenters. The normalized spacial score (nSPS) is 11.9. The lowest BCUT2D eigenvalue weighted by Gasteiger charge is -2.34. The number of hydrogen-bond acceptors (Lipinski definition) is 2. The van der Waals surface area contributed by atoms with Gasteiger partial charge in [0.15, 0.2) is 0 Å². The van der Waals surface area contributed by atoms with Crippen LogP contribution in [0, 0.1) is 0 Å². The summed E-state index contributed by atoms with van der Waals surface area (Å²) in [7, 11) is 2.15. The molecule has 0 fully saturated rings. The fourth-order valence-corrected chi connectivity index (χ4v) is 1.67. The molecule has 0 N–H and O–H groups in total. The van der Waals surface area contributed by atoms with Crippen LogP contribution in [0.25, 0.3) is 0 Å². The van der Waals surface area contributed by atoms with Crippen LogP contribution < -0.4 is 4.74 Å². The summed E-state index contributed by atoms with van der Waals surface area (Å²) in [4.78, 5) is 2.34. The van der Waals surface area contributed by atoms with Gasteiger partial charge in [-0.25, -0.2) is 0 Å². The van der Waals surface area contributed by atoms with Gasteiger partial charge in [-0.05, 0) is 51.6 Å². The molecule has 96 valence electrons. The number of benzene rings is 1. The van der Waals surface area contributed by atoms with Gasteiger partial charge in [0.25, 0.3) is 0 Å². The smallest absolute Gasteiger partial charge is 0.119 e. The molecule has 0 amide bonds. The molecule has 0 radical (unpaired) electrons. The molecule has 0 saturated heterocycles. The lowest BCUT2D eigenvalue weighted by Crippen LogP contribution is -2.42. The first-order chi connectivity index (χ1) is 7.95. The highest BCUT2D eigenvalue weighted by molar-refractivity contribution is 9.10. The van der Waals surface area contributed by atoms with Gasteiger partial charge in [0.05, 0.1) is 0 Å². The van der Waals surface area contributed by atoms with Crippen molar-refractivity contribution in [3.05, 3.63) is 28.7 Å². The number of nitrogens with zero attached hydrogens (tertiary/aromatic N) is 1. The summed E-state index contributed by atoms with van der Waals surface area (Å²) in [6, 6.07) is 7.95.